The van der Waals surface area contributed by atoms with Crippen LogP contribution in [0.1, 0.15) is 96.9 Å². The van der Waals surface area contributed by atoms with Crippen molar-refractivity contribution in [3.63, 3.8) is 0 Å². The van der Waals surface area contributed by atoms with Crippen LogP contribution in [0.2, 0.25) is 0 Å². The summed E-state index contributed by atoms with van der Waals surface area (Å²) in [7, 11) is 0. The van der Waals surface area contributed by atoms with Gasteiger partial charge in [-0.05, 0) is 44.9 Å². The van der Waals surface area contributed by atoms with E-state index in [1.165, 1.54) is 51.4 Å². The molecule has 0 unspecified atom stereocenters. The summed E-state index contributed by atoms with van der Waals surface area (Å²) >= 11 is 0. The van der Waals surface area contributed by atoms with Gasteiger partial charge in [-0.1, -0.05) is 75.6 Å². The molecule has 1 amide bonds. The number of aryl methyl sites for hydroxylation is 1. The highest BCUT2D eigenvalue weighted by Gasteiger charge is 2.16. The number of aromatic nitrogens is 2. The maximum Gasteiger partial charge on any atom is 0.407 e. The quantitative estimate of drug-likeness (QED) is 0.353. The summed E-state index contributed by atoms with van der Waals surface area (Å²) in [6.45, 7) is 8.16. The van der Waals surface area contributed by atoms with E-state index in [0.717, 1.165) is 29.8 Å². The number of amides is 1. The van der Waals surface area contributed by atoms with Crippen LogP contribution in [0.25, 0.3) is 11.5 Å². The molecule has 0 aliphatic carbocycles. The van der Waals surface area contributed by atoms with Crippen LogP contribution in [-0.2, 0) is 17.7 Å². The number of nitrogens with one attached hydrogen (secondary N) is 1. The highest BCUT2D eigenvalue weighted by Crippen LogP contribution is 2.20. The maximum atomic E-state index is 11.8. The third-order valence-corrected chi connectivity index (χ3v) is 4.98. The fourth-order valence-corrected chi connectivity index (χ4v) is 3.37. The van der Waals surface area contributed by atoms with Crippen LogP contribution in [0.15, 0.2) is 28.8 Å². The fourth-order valence-electron chi connectivity index (χ4n) is 3.37. The first-order valence-corrected chi connectivity index (χ1v) is 11.8. The summed E-state index contributed by atoms with van der Waals surface area (Å²) in [5.41, 5.74) is 1.29. The Bertz CT molecular complexity index is 780. The molecule has 1 aromatic carbocycles. The molecule has 0 aliphatic heterocycles. The van der Waals surface area contributed by atoms with Crippen molar-refractivity contribution < 1.29 is 14.1 Å². The summed E-state index contributed by atoms with van der Waals surface area (Å²) in [6, 6.07) is 7.76. The lowest BCUT2D eigenvalue weighted by Gasteiger charge is -2.19. The number of alkyl carbamates (subject to hydrolysis) is 1. The van der Waals surface area contributed by atoms with Crippen molar-refractivity contribution in [1.82, 2.24) is 15.5 Å². The minimum absolute atomic E-state index is 0.377. The Hall–Kier alpha value is -2.37. The van der Waals surface area contributed by atoms with Gasteiger partial charge in [0.15, 0.2) is 5.82 Å². The lowest BCUT2D eigenvalue weighted by Crippen LogP contribution is -2.32. The highest BCUT2D eigenvalue weighted by molar-refractivity contribution is 5.67. The van der Waals surface area contributed by atoms with Crippen molar-refractivity contribution in [2.45, 2.75) is 104 Å². The van der Waals surface area contributed by atoms with E-state index in [1.807, 2.05) is 45.0 Å². The molecule has 1 N–H and O–H groups in total. The van der Waals surface area contributed by atoms with Crippen molar-refractivity contribution in [3.05, 3.63) is 35.7 Å². The van der Waals surface area contributed by atoms with E-state index >= 15 is 0 Å². The third-order valence-electron chi connectivity index (χ3n) is 4.98. The molecule has 0 radical (unpaired) electrons. The van der Waals surface area contributed by atoms with E-state index in [-0.39, 0.29) is 0 Å². The minimum atomic E-state index is -0.513. The summed E-state index contributed by atoms with van der Waals surface area (Å²) < 4.78 is 10.7. The SMILES string of the molecule is CCCCCCCCCCCc1noc(-c2cccc(CNC(=O)OC(C)(C)C)c2)n1. The second-order valence-corrected chi connectivity index (χ2v) is 9.15. The van der Waals surface area contributed by atoms with Gasteiger partial charge in [-0.25, -0.2) is 4.79 Å². The minimum Gasteiger partial charge on any atom is -0.444 e. The van der Waals surface area contributed by atoms with E-state index in [2.05, 4.69) is 22.4 Å². The first-order chi connectivity index (χ1) is 14.9. The zero-order valence-electron chi connectivity index (χ0n) is 19.7. The average Bonchev–Trinajstić information content (AvgIpc) is 3.19. The van der Waals surface area contributed by atoms with Gasteiger partial charge in [0.25, 0.3) is 5.89 Å². The molecule has 0 bridgehead atoms. The van der Waals surface area contributed by atoms with Gasteiger partial charge in [0.05, 0.1) is 0 Å². The van der Waals surface area contributed by atoms with Crippen LogP contribution >= 0.6 is 0 Å². The zero-order chi connectivity index (χ0) is 22.5. The summed E-state index contributed by atoms with van der Waals surface area (Å²) in [5.74, 6) is 1.28. The Labute approximate surface area is 187 Å². The van der Waals surface area contributed by atoms with Crippen molar-refractivity contribution in [1.29, 1.82) is 0 Å². The second kappa shape index (κ2) is 13.1. The number of unbranched alkanes of at least 4 members (excludes halogenated alkanes) is 8. The van der Waals surface area contributed by atoms with E-state index in [4.69, 9.17) is 9.26 Å². The third kappa shape index (κ3) is 10.5. The van der Waals surface area contributed by atoms with E-state index in [1.54, 1.807) is 0 Å². The average molecular weight is 430 g/mol. The molecule has 2 rings (SSSR count). The molecule has 0 saturated carbocycles. The topological polar surface area (TPSA) is 77.2 Å². The number of hydrogen-bond donors (Lipinski definition) is 1. The second-order valence-electron chi connectivity index (χ2n) is 9.15. The molecule has 0 saturated heterocycles. The normalized spacial score (nSPS) is 11.5. The molecule has 1 heterocycles. The van der Waals surface area contributed by atoms with Crippen LogP contribution in [0.3, 0.4) is 0 Å². The molecule has 1 aromatic heterocycles. The Morgan fingerprint density at radius 3 is 2.39 bits per heavy atom. The van der Waals surface area contributed by atoms with Gasteiger partial charge < -0.3 is 14.6 Å². The number of ether oxygens (including phenoxy) is 1. The molecule has 31 heavy (non-hydrogen) atoms. The fraction of sp³-hybridized carbons (Fsp3) is 0.640. The van der Waals surface area contributed by atoms with Crippen molar-refractivity contribution in [3.8, 4) is 11.5 Å². The number of nitrogens with zero attached hydrogens (tertiary/aromatic N) is 2. The van der Waals surface area contributed by atoms with Gasteiger partial charge in [-0.2, -0.15) is 4.98 Å². The smallest absolute Gasteiger partial charge is 0.407 e. The summed E-state index contributed by atoms with van der Waals surface area (Å²) in [4.78, 5) is 16.4. The number of hydrogen-bond acceptors (Lipinski definition) is 5. The van der Waals surface area contributed by atoms with E-state index in [9.17, 15) is 4.79 Å². The molecule has 0 spiro atoms. The van der Waals surface area contributed by atoms with E-state index < -0.39 is 11.7 Å². The summed E-state index contributed by atoms with van der Waals surface area (Å²) in [5, 5.41) is 6.90. The van der Waals surface area contributed by atoms with Crippen LogP contribution in [0, 0.1) is 0 Å². The standard InChI is InChI=1S/C25H39N3O3/c1-5-6-7-8-9-10-11-12-13-17-22-27-23(31-28-22)21-16-14-15-20(18-21)19-26-24(29)30-25(2,3)4/h14-16,18H,5-13,17,19H2,1-4H3,(H,26,29). The molecule has 172 valence electrons. The maximum absolute atomic E-state index is 11.8. The van der Waals surface area contributed by atoms with Gasteiger partial charge >= 0.3 is 6.09 Å². The monoisotopic (exact) mass is 429 g/mol. The molecular formula is C25H39N3O3. The molecule has 6 nitrogen and oxygen atoms in total. The van der Waals surface area contributed by atoms with Gasteiger partial charge in [0.2, 0.25) is 0 Å². The molecule has 6 heteroatoms. The van der Waals surface area contributed by atoms with Crippen molar-refractivity contribution >= 4 is 6.09 Å². The van der Waals surface area contributed by atoms with Crippen LogP contribution in [0.4, 0.5) is 4.79 Å². The number of benzene rings is 1. The van der Waals surface area contributed by atoms with Crippen LogP contribution in [0.5, 0.6) is 0 Å². The van der Waals surface area contributed by atoms with Gasteiger partial charge in [-0.3, -0.25) is 0 Å². The largest absolute Gasteiger partial charge is 0.444 e. The Kier molecular flexibility index (Phi) is 10.5. The molecular weight excluding hydrogens is 390 g/mol. The van der Waals surface area contributed by atoms with Gasteiger partial charge in [-0.15, -0.1) is 0 Å². The Morgan fingerprint density at radius 2 is 1.71 bits per heavy atom. The van der Waals surface area contributed by atoms with E-state index in [0.29, 0.717) is 12.4 Å². The highest BCUT2D eigenvalue weighted by atomic mass is 16.6. The van der Waals surface area contributed by atoms with Crippen LogP contribution in [-0.4, -0.2) is 21.8 Å². The van der Waals surface area contributed by atoms with Crippen molar-refractivity contribution in [2.24, 2.45) is 0 Å². The first kappa shape index (κ1) is 24.9. The van der Waals surface area contributed by atoms with Crippen LogP contribution < -0.4 is 5.32 Å². The molecule has 0 fully saturated rings. The number of rotatable bonds is 13. The predicted molar refractivity (Wildman–Crippen MR) is 124 cm³/mol. The van der Waals surface area contributed by atoms with Gasteiger partial charge in [0, 0.05) is 18.5 Å². The molecule has 0 atom stereocenters. The number of carbonyl (C=O) groups is 1. The number of carbonyl (C=O) groups excluding carboxylic acids is 1. The Morgan fingerprint density at radius 1 is 1.03 bits per heavy atom. The predicted octanol–water partition coefficient (Wildman–Crippen LogP) is 6.83. The lowest BCUT2D eigenvalue weighted by molar-refractivity contribution is 0.0523. The summed E-state index contributed by atoms with van der Waals surface area (Å²) in [6.07, 6.45) is 12.1. The van der Waals surface area contributed by atoms with Gasteiger partial charge in [0.1, 0.15) is 5.60 Å². The Balaban J connectivity index is 1.73. The molecule has 2 aromatic rings. The lowest BCUT2D eigenvalue weighted by atomic mass is 10.1. The first-order valence-electron chi connectivity index (χ1n) is 11.8. The molecule has 0 aliphatic rings. The zero-order valence-corrected chi connectivity index (χ0v) is 19.7. The van der Waals surface area contributed by atoms with Crippen molar-refractivity contribution in [2.75, 3.05) is 0 Å².